The molecule has 0 spiro atoms. The Bertz CT molecular complexity index is 727. The second kappa shape index (κ2) is 8.21. The second-order valence-electron chi connectivity index (χ2n) is 6.28. The SMILES string of the molecule is CC(NC(=O)CSc1ccccc1)c1ccc(NC(=O)C2CC2)cc1. The van der Waals surface area contributed by atoms with E-state index in [-0.39, 0.29) is 23.8 Å². The van der Waals surface area contributed by atoms with Crippen LogP contribution in [0.5, 0.6) is 0 Å². The van der Waals surface area contributed by atoms with E-state index in [0.29, 0.717) is 5.75 Å². The van der Waals surface area contributed by atoms with Crippen LogP contribution in [0.4, 0.5) is 5.69 Å². The van der Waals surface area contributed by atoms with E-state index in [1.54, 1.807) is 0 Å². The highest BCUT2D eigenvalue weighted by Crippen LogP contribution is 2.30. The van der Waals surface area contributed by atoms with Gasteiger partial charge in [0.15, 0.2) is 0 Å². The predicted molar refractivity (Wildman–Crippen MR) is 102 cm³/mol. The van der Waals surface area contributed by atoms with Gasteiger partial charge in [0.05, 0.1) is 11.8 Å². The molecule has 0 heterocycles. The highest BCUT2D eigenvalue weighted by atomic mass is 32.2. The lowest BCUT2D eigenvalue weighted by atomic mass is 10.1. The number of rotatable bonds is 7. The maximum atomic E-state index is 12.1. The molecule has 0 radical (unpaired) electrons. The van der Waals surface area contributed by atoms with Gasteiger partial charge in [-0.1, -0.05) is 30.3 Å². The first-order valence-electron chi connectivity index (χ1n) is 8.50. The standard InChI is InChI=1S/C20H22N2O2S/c1-14(21-19(23)13-25-18-5-3-2-4-6-18)15-9-11-17(12-10-15)22-20(24)16-7-8-16/h2-6,9-12,14,16H,7-8,13H2,1H3,(H,21,23)(H,22,24). The molecule has 0 bridgehead atoms. The van der Waals surface area contributed by atoms with Crippen molar-refractivity contribution < 1.29 is 9.59 Å². The summed E-state index contributed by atoms with van der Waals surface area (Å²) in [5, 5.41) is 5.93. The highest BCUT2D eigenvalue weighted by Gasteiger charge is 2.29. The molecule has 1 atom stereocenters. The fourth-order valence-electron chi connectivity index (χ4n) is 2.48. The second-order valence-corrected chi connectivity index (χ2v) is 7.33. The number of hydrogen-bond acceptors (Lipinski definition) is 3. The molecule has 2 N–H and O–H groups in total. The van der Waals surface area contributed by atoms with Crippen LogP contribution in [0, 0.1) is 5.92 Å². The average Bonchev–Trinajstić information content (AvgIpc) is 3.46. The Morgan fingerprint density at radius 1 is 1.08 bits per heavy atom. The summed E-state index contributed by atoms with van der Waals surface area (Å²) in [6, 6.07) is 17.5. The zero-order valence-corrected chi connectivity index (χ0v) is 15.0. The number of anilines is 1. The molecule has 25 heavy (non-hydrogen) atoms. The highest BCUT2D eigenvalue weighted by molar-refractivity contribution is 8.00. The van der Waals surface area contributed by atoms with Crippen LogP contribution in [0.15, 0.2) is 59.5 Å². The molecule has 5 heteroatoms. The number of thioether (sulfide) groups is 1. The van der Waals surface area contributed by atoms with Gasteiger partial charge >= 0.3 is 0 Å². The van der Waals surface area contributed by atoms with Gasteiger partial charge in [0.1, 0.15) is 0 Å². The van der Waals surface area contributed by atoms with Gasteiger partial charge in [-0.05, 0) is 49.6 Å². The van der Waals surface area contributed by atoms with Crippen LogP contribution < -0.4 is 10.6 Å². The van der Waals surface area contributed by atoms with E-state index in [2.05, 4.69) is 10.6 Å². The van der Waals surface area contributed by atoms with Gasteiger partial charge in [0, 0.05) is 16.5 Å². The summed E-state index contributed by atoms with van der Waals surface area (Å²) in [6.45, 7) is 1.96. The quantitative estimate of drug-likeness (QED) is 0.739. The average molecular weight is 354 g/mol. The number of nitrogens with one attached hydrogen (secondary N) is 2. The normalized spacial score (nSPS) is 14.6. The molecule has 130 valence electrons. The van der Waals surface area contributed by atoms with Gasteiger partial charge in [-0.3, -0.25) is 9.59 Å². The molecule has 0 aliphatic heterocycles. The minimum Gasteiger partial charge on any atom is -0.349 e. The Morgan fingerprint density at radius 3 is 2.40 bits per heavy atom. The fourth-order valence-corrected chi connectivity index (χ4v) is 3.21. The minimum absolute atomic E-state index is 0.00691. The van der Waals surface area contributed by atoms with E-state index in [1.165, 1.54) is 11.8 Å². The van der Waals surface area contributed by atoms with Gasteiger partial charge in [-0.2, -0.15) is 0 Å². The van der Waals surface area contributed by atoms with Crippen LogP contribution in [0.1, 0.15) is 31.4 Å². The Balaban J connectivity index is 1.47. The molecular formula is C20H22N2O2S. The minimum atomic E-state index is -0.0722. The molecule has 1 saturated carbocycles. The molecule has 4 nitrogen and oxygen atoms in total. The first kappa shape index (κ1) is 17.5. The van der Waals surface area contributed by atoms with Crippen molar-refractivity contribution in [2.45, 2.75) is 30.7 Å². The molecule has 1 aliphatic carbocycles. The number of benzene rings is 2. The van der Waals surface area contributed by atoms with Gasteiger partial charge in [0.2, 0.25) is 11.8 Å². The summed E-state index contributed by atoms with van der Waals surface area (Å²) < 4.78 is 0. The van der Waals surface area contributed by atoms with Crippen LogP contribution in [-0.2, 0) is 9.59 Å². The Morgan fingerprint density at radius 2 is 1.76 bits per heavy atom. The van der Waals surface area contributed by atoms with Crippen LogP contribution in [0.2, 0.25) is 0 Å². The zero-order chi connectivity index (χ0) is 17.6. The molecule has 2 aromatic carbocycles. The summed E-state index contributed by atoms with van der Waals surface area (Å²) in [4.78, 5) is 24.9. The molecular weight excluding hydrogens is 332 g/mol. The zero-order valence-electron chi connectivity index (χ0n) is 14.2. The van der Waals surface area contributed by atoms with E-state index in [0.717, 1.165) is 29.0 Å². The summed E-state index contributed by atoms with van der Waals surface area (Å²) in [6.07, 6.45) is 1.99. The summed E-state index contributed by atoms with van der Waals surface area (Å²) >= 11 is 1.52. The lowest BCUT2D eigenvalue weighted by Gasteiger charge is -2.15. The van der Waals surface area contributed by atoms with Gasteiger partial charge in [0.25, 0.3) is 0 Å². The smallest absolute Gasteiger partial charge is 0.230 e. The molecule has 1 fully saturated rings. The lowest BCUT2D eigenvalue weighted by molar-refractivity contribution is -0.119. The monoisotopic (exact) mass is 354 g/mol. The van der Waals surface area contributed by atoms with E-state index < -0.39 is 0 Å². The maximum absolute atomic E-state index is 12.1. The third-order valence-corrected chi connectivity index (χ3v) is 5.13. The third kappa shape index (κ3) is 5.36. The first-order chi connectivity index (χ1) is 12.1. The van der Waals surface area contributed by atoms with Crippen LogP contribution in [-0.4, -0.2) is 17.6 Å². The van der Waals surface area contributed by atoms with Crippen molar-refractivity contribution in [1.82, 2.24) is 5.32 Å². The van der Waals surface area contributed by atoms with Crippen molar-refractivity contribution in [2.24, 2.45) is 5.92 Å². The fraction of sp³-hybridized carbons (Fsp3) is 0.300. The van der Waals surface area contributed by atoms with Crippen molar-refractivity contribution in [3.8, 4) is 0 Å². The van der Waals surface area contributed by atoms with Gasteiger partial charge in [-0.15, -0.1) is 11.8 Å². The number of hydrogen-bond donors (Lipinski definition) is 2. The summed E-state index contributed by atoms with van der Waals surface area (Å²) in [7, 11) is 0. The molecule has 3 rings (SSSR count). The largest absolute Gasteiger partial charge is 0.349 e. The summed E-state index contributed by atoms with van der Waals surface area (Å²) in [5.74, 6) is 0.698. The van der Waals surface area contributed by atoms with Crippen molar-refractivity contribution in [1.29, 1.82) is 0 Å². The third-order valence-electron chi connectivity index (χ3n) is 4.12. The topological polar surface area (TPSA) is 58.2 Å². The van der Waals surface area contributed by atoms with Crippen molar-refractivity contribution in [3.05, 3.63) is 60.2 Å². The lowest BCUT2D eigenvalue weighted by Crippen LogP contribution is -2.28. The maximum Gasteiger partial charge on any atom is 0.230 e. The van der Waals surface area contributed by atoms with Crippen LogP contribution in [0.3, 0.4) is 0 Å². The Kier molecular flexibility index (Phi) is 5.76. The van der Waals surface area contributed by atoms with Crippen molar-refractivity contribution in [3.63, 3.8) is 0 Å². The number of carbonyl (C=O) groups is 2. The molecule has 2 aromatic rings. The number of amides is 2. The van der Waals surface area contributed by atoms with Crippen molar-refractivity contribution >= 4 is 29.3 Å². The predicted octanol–water partition coefficient (Wildman–Crippen LogP) is 4.00. The molecule has 1 aliphatic rings. The van der Waals surface area contributed by atoms with Gasteiger partial charge < -0.3 is 10.6 Å². The van der Waals surface area contributed by atoms with Crippen molar-refractivity contribution in [2.75, 3.05) is 11.1 Å². The Labute approximate surface area is 152 Å². The summed E-state index contributed by atoms with van der Waals surface area (Å²) in [5.41, 5.74) is 1.82. The molecule has 0 saturated heterocycles. The molecule has 0 aromatic heterocycles. The molecule has 2 amide bonds. The van der Waals surface area contributed by atoms with E-state index in [9.17, 15) is 9.59 Å². The van der Waals surface area contributed by atoms with Crippen LogP contribution >= 0.6 is 11.8 Å². The first-order valence-corrected chi connectivity index (χ1v) is 9.48. The van der Waals surface area contributed by atoms with E-state index in [4.69, 9.17) is 0 Å². The Hall–Kier alpha value is -2.27. The van der Waals surface area contributed by atoms with Gasteiger partial charge in [-0.25, -0.2) is 0 Å². The van der Waals surface area contributed by atoms with E-state index >= 15 is 0 Å². The molecule has 1 unspecified atom stereocenters. The number of carbonyl (C=O) groups excluding carboxylic acids is 2. The van der Waals surface area contributed by atoms with E-state index in [1.807, 2.05) is 61.5 Å². The van der Waals surface area contributed by atoms with Crippen LogP contribution in [0.25, 0.3) is 0 Å².